The van der Waals surface area contributed by atoms with Gasteiger partial charge >= 0.3 is 0 Å². The molecule has 2 aliphatic rings. The van der Waals surface area contributed by atoms with Gasteiger partial charge in [-0.3, -0.25) is 0 Å². The molecule has 2 fully saturated rings. The van der Waals surface area contributed by atoms with Gasteiger partial charge in [-0.1, -0.05) is 46.0 Å². The van der Waals surface area contributed by atoms with Crippen molar-refractivity contribution in [1.82, 2.24) is 0 Å². The summed E-state index contributed by atoms with van der Waals surface area (Å²) in [5.74, 6) is 2.08. The van der Waals surface area contributed by atoms with Crippen molar-refractivity contribution >= 4 is 0 Å². The van der Waals surface area contributed by atoms with Crippen LogP contribution in [0.4, 0.5) is 0 Å². The van der Waals surface area contributed by atoms with Crippen LogP contribution >= 0.6 is 0 Å². The molecule has 0 saturated heterocycles. The van der Waals surface area contributed by atoms with E-state index in [4.69, 9.17) is 0 Å². The summed E-state index contributed by atoms with van der Waals surface area (Å²) in [5, 5.41) is 10.9. The molecule has 2 rings (SSSR count). The van der Waals surface area contributed by atoms with Crippen LogP contribution in [-0.4, -0.2) is 10.7 Å². The van der Waals surface area contributed by atoms with Gasteiger partial charge in [0.2, 0.25) is 0 Å². The third-order valence-corrected chi connectivity index (χ3v) is 5.45. The standard InChI is InChI=1S/C15H28O/c1-3-13-7-9-14(10-8-13)15(16)11-5-4-6-12(15)2/h12-14,16H,3-11H2,1-2H3. The predicted octanol–water partition coefficient (Wildman–Crippen LogP) is 4.14. The normalized spacial score (nSPS) is 45.6. The fourth-order valence-corrected chi connectivity index (χ4v) is 4.03. The molecule has 0 heterocycles. The minimum Gasteiger partial charge on any atom is -0.389 e. The van der Waals surface area contributed by atoms with Crippen molar-refractivity contribution in [2.45, 2.75) is 77.2 Å². The summed E-state index contributed by atoms with van der Waals surface area (Å²) in [6.07, 6.45) is 11.5. The molecule has 2 atom stereocenters. The Bertz CT molecular complexity index is 217. The SMILES string of the molecule is CCC1CCC(C2(O)CCCCC2C)CC1. The maximum Gasteiger partial charge on any atom is 0.0701 e. The van der Waals surface area contributed by atoms with Crippen LogP contribution in [0.25, 0.3) is 0 Å². The van der Waals surface area contributed by atoms with Crippen molar-refractivity contribution in [2.24, 2.45) is 17.8 Å². The number of hydrogen-bond acceptors (Lipinski definition) is 1. The molecule has 16 heavy (non-hydrogen) atoms. The molecule has 0 spiro atoms. The fraction of sp³-hybridized carbons (Fsp3) is 1.00. The predicted molar refractivity (Wildman–Crippen MR) is 68.3 cm³/mol. The summed E-state index contributed by atoms with van der Waals surface area (Å²) in [6, 6.07) is 0. The van der Waals surface area contributed by atoms with Crippen molar-refractivity contribution in [3.63, 3.8) is 0 Å². The molecular formula is C15H28O. The van der Waals surface area contributed by atoms with Crippen molar-refractivity contribution in [1.29, 1.82) is 0 Å². The number of aliphatic hydroxyl groups is 1. The minimum absolute atomic E-state index is 0.309. The van der Waals surface area contributed by atoms with Gasteiger partial charge in [0.05, 0.1) is 5.60 Å². The summed E-state index contributed by atoms with van der Waals surface area (Å²) in [7, 11) is 0. The first-order valence-corrected chi connectivity index (χ1v) is 7.39. The van der Waals surface area contributed by atoms with E-state index in [2.05, 4.69) is 13.8 Å². The van der Waals surface area contributed by atoms with E-state index in [9.17, 15) is 5.11 Å². The van der Waals surface area contributed by atoms with Gasteiger partial charge < -0.3 is 5.11 Å². The zero-order chi connectivity index (χ0) is 11.6. The average molecular weight is 224 g/mol. The van der Waals surface area contributed by atoms with E-state index in [0.717, 1.165) is 12.3 Å². The van der Waals surface area contributed by atoms with Crippen LogP contribution in [0.15, 0.2) is 0 Å². The van der Waals surface area contributed by atoms with Crippen LogP contribution in [0.2, 0.25) is 0 Å². The zero-order valence-electron chi connectivity index (χ0n) is 11.0. The lowest BCUT2D eigenvalue weighted by Gasteiger charge is -2.46. The molecule has 0 aromatic carbocycles. The van der Waals surface area contributed by atoms with Crippen molar-refractivity contribution in [3.05, 3.63) is 0 Å². The molecule has 1 nitrogen and oxygen atoms in total. The molecule has 0 aromatic rings. The third kappa shape index (κ3) is 2.30. The fourth-order valence-electron chi connectivity index (χ4n) is 4.03. The van der Waals surface area contributed by atoms with Crippen molar-refractivity contribution in [2.75, 3.05) is 0 Å². The lowest BCUT2D eigenvalue weighted by molar-refractivity contribution is -0.102. The Morgan fingerprint density at radius 3 is 2.31 bits per heavy atom. The van der Waals surface area contributed by atoms with Gasteiger partial charge in [0.25, 0.3) is 0 Å². The quantitative estimate of drug-likeness (QED) is 0.747. The second-order valence-corrected chi connectivity index (χ2v) is 6.26. The number of hydrogen-bond donors (Lipinski definition) is 1. The zero-order valence-corrected chi connectivity index (χ0v) is 11.0. The van der Waals surface area contributed by atoms with Crippen LogP contribution in [0.1, 0.15) is 71.6 Å². The third-order valence-electron chi connectivity index (χ3n) is 5.45. The van der Waals surface area contributed by atoms with Gasteiger partial charge in [-0.25, -0.2) is 0 Å². The molecule has 1 N–H and O–H groups in total. The second kappa shape index (κ2) is 5.08. The Morgan fingerprint density at radius 2 is 1.75 bits per heavy atom. The lowest BCUT2D eigenvalue weighted by Crippen LogP contribution is -2.47. The molecule has 1 heteroatoms. The van der Waals surface area contributed by atoms with E-state index < -0.39 is 0 Å². The van der Waals surface area contributed by atoms with E-state index in [1.165, 1.54) is 51.4 Å². The molecule has 2 saturated carbocycles. The molecule has 0 bridgehead atoms. The van der Waals surface area contributed by atoms with Gasteiger partial charge in [-0.2, -0.15) is 0 Å². The van der Waals surface area contributed by atoms with E-state index in [1.54, 1.807) is 0 Å². The Kier molecular flexibility index (Phi) is 3.94. The highest BCUT2D eigenvalue weighted by Crippen LogP contribution is 2.45. The maximum atomic E-state index is 10.9. The topological polar surface area (TPSA) is 20.2 Å². The van der Waals surface area contributed by atoms with E-state index in [0.29, 0.717) is 11.8 Å². The minimum atomic E-state index is -0.309. The summed E-state index contributed by atoms with van der Waals surface area (Å²) in [4.78, 5) is 0. The van der Waals surface area contributed by atoms with E-state index in [-0.39, 0.29) is 5.60 Å². The Labute approximate surface area is 101 Å². The van der Waals surface area contributed by atoms with Gasteiger partial charge in [-0.15, -0.1) is 0 Å². The Hall–Kier alpha value is -0.0400. The second-order valence-electron chi connectivity index (χ2n) is 6.26. The smallest absolute Gasteiger partial charge is 0.0701 e. The van der Waals surface area contributed by atoms with Gasteiger partial charge in [0.15, 0.2) is 0 Å². The van der Waals surface area contributed by atoms with Gasteiger partial charge in [0, 0.05) is 0 Å². The Morgan fingerprint density at radius 1 is 1.06 bits per heavy atom. The maximum absolute atomic E-state index is 10.9. The highest BCUT2D eigenvalue weighted by atomic mass is 16.3. The van der Waals surface area contributed by atoms with Crippen LogP contribution < -0.4 is 0 Å². The average Bonchev–Trinajstić information content (AvgIpc) is 2.33. The molecule has 0 aliphatic heterocycles. The molecular weight excluding hydrogens is 196 g/mol. The van der Waals surface area contributed by atoms with Crippen LogP contribution in [0, 0.1) is 17.8 Å². The molecule has 2 unspecified atom stereocenters. The van der Waals surface area contributed by atoms with E-state index in [1.807, 2.05) is 0 Å². The van der Waals surface area contributed by atoms with Crippen LogP contribution in [0.3, 0.4) is 0 Å². The van der Waals surface area contributed by atoms with Crippen molar-refractivity contribution in [3.8, 4) is 0 Å². The van der Waals surface area contributed by atoms with Gasteiger partial charge in [0.1, 0.15) is 0 Å². The summed E-state index contributed by atoms with van der Waals surface area (Å²) >= 11 is 0. The molecule has 0 radical (unpaired) electrons. The largest absolute Gasteiger partial charge is 0.389 e. The van der Waals surface area contributed by atoms with Crippen LogP contribution in [0.5, 0.6) is 0 Å². The highest BCUT2D eigenvalue weighted by molar-refractivity contribution is 4.95. The molecule has 94 valence electrons. The summed E-state index contributed by atoms with van der Waals surface area (Å²) in [6.45, 7) is 4.58. The van der Waals surface area contributed by atoms with Crippen molar-refractivity contribution < 1.29 is 5.11 Å². The molecule has 0 aromatic heterocycles. The first-order valence-electron chi connectivity index (χ1n) is 7.39. The molecule has 0 amide bonds. The van der Waals surface area contributed by atoms with Gasteiger partial charge in [-0.05, 0) is 43.4 Å². The summed E-state index contributed by atoms with van der Waals surface area (Å²) in [5.41, 5.74) is -0.309. The first kappa shape index (κ1) is 12.4. The number of rotatable bonds is 2. The lowest BCUT2D eigenvalue weighted by atomic mass is 9.63. The Balaban J connectivity index is 1.96. The molecule has 2 aliphatic carbocycles. The monoisotopic (exact) mass is 224 g/mol. The summed E-state index contributed by atoms with van der Waals surface area (Å²) < 4.78 is 0. The first-order chi connectivity index (χ1) is 7.66. The van der Waals surface area contributed by atoms with E-state index >= 15 is 0 Å². The van der Waals surface area contributed by atoms with Crippen LogP contribution in [-0.2, 0) is 0 Å². The highest BCUT2D eigenvalue weighted by Gasteiger charge is 2.43.